The van der Waals surface area contributed by atoms with Crippen LogP contribution in [-0.4, -0.2) is 16.5 Å². The minimum absolute atomic E-state index is 0.337. The molecule has 0 aliphatic heterocycles. The van der Waals surface area contributed by atoms with Crippen LogP contribution >= 0.6 is 0 Å². The second-order valence-corrected chi connectivity index (χ2v) is 3.50. The van der Waals surface area contributed by atoms with Crippen LogP contribution in [0, 0.1) is 0 Å². The number of rotatable bonds is 4. The van der Waals surface area contributed by atoms with E-state index in [1.54, 1.807) is 0 Å². The molecule has 0 aromatic carbocycles. The number of Topliss-reactive ketones (excluding diaryl/α,β-unsaturated/α-hetero) is 1. The van der Waals surface area contributed by atoms with Crippen LogP contribution in [0.2, 0.25) is 0 Å². The molecule has 0 radical (unpaired) electrons. The van der Waals surface area contributed by atoms with E-state index in [-0.39, 0.29) is 5.56 Å². The van der Waals surface area contributed by atoms with Gasteiger partial charge in [-0.15, -0.1) is 0 Å². The average Bonchev–Trinajstić information content (AvgIpc) is 2.63. The predicted molar refractivity (Wildman–Crippen MR) is 54.2 cm³/mol. The third-order valence-corrected chi connectivity index (χ3v) is 2.18. The highest BCUT2D eigenvalue weighted by Crippen LogP contribution is 2.21. The van der Waals surface area contributed by atoms with E-state index in [1.807, 2.05) is 6.92 Å². The minimum atomic E-state index is -4.81. The van der Waals surface area contributed by atoms with Crippen molar-refractivity contribution in [2.75, 3.05) is 0 Å². The van der Waals surface area contributed by atoms with Crippen LogP contribution in [0.3, 0.4) is 0 Å². The molecule has 0 atom stereocenters. The van der Waals surface area contributed by atoms with E-state index in [4.69, 9.17) is 0 Å². The van der Waals surface area contributed by atoms with Gasteiger partial charge in [-0.1, -0.05) is 19.1 Å². The van der Waals surface area contributed by atoms with E-state index in [1.165, 1.54) is 23.0 Å². The van der Waals surface area contributed by atoms with Crippen LogP contribution in [-0.2, 0) is 6.54 Å². The summed E-state index contributed by atoms with van der Waals surface area (Å²) in [5.41, 5.74) is 0.554. The first-order valence-corrected chi connectivity index (χ1v) is 4.78. The largest absolute Gasteiger partial charge is 0.454 e. The highest BCUT2D eigenvalue weighted by molar-refractivity contribution is 6.00. The molecule has 0 N–H and O–H groups in total. The molecule has 1 aromatic heterocycles. The lowest BCUT2D eigenvalue weighted by Crippen LogP contribution is -2.22. The molecule has 16 heavy (non-hydrogen) atoms. The van der Waals surface area contributed by atoms with Crippen LogP contribution in [0.4, 0.5) is 13.2 Å². The summed E-state index contributed by atoms with van der Waals surface area (Å²) in [6, 6.07) is 1.17. The first kappa shape index (κ1) is 12.5. The van der Waals surface area contributed by atoms with Crippen molar-refractivity contribution in [1.82, 2.24) is 4.57 Å². The van der Waals surface area contributed by atoms with Gasteiger partial charge < -0.3 is 4.57 Å². The van der Waals surface area contributed by atoms with Crippen molar-refractivity contribution in [3.8, 4) is 0 Å². The topological polar surface area (TPSA) is 22.0 Å². The smallest absolute Gasteiger partial charge is 0.349 e. The number of aromatic nitrogens is 1. The first-order valence-electron chi connectivity index (χ1n) is 4.78. The van der Waals surface area contributed by atoms with Gasteiger partial charge in [0, 0.05) is 24.5 Å². The number of hydrogen-bond donors (Lipinski definition) is 0. The molecule has 0 saturated carbocycles. The summed E-state index contributed by atoms with van der Waals surface area (Å²) in [5.74, 6) is -1.81. The minimum Gasteiger partial charge on any atom is -0.349 e. The Morgan fingerprint density at radius 1 is 1.50 bits per heavy atom. The lowest BCUT2D eigenvalue weighted by molar-refractivity contribution is -0.0885. The monoisotopic (exact) mass is 231 g/mol. The SMILES string of the molecule is C=C(CC)Cn1ccc(C(=O)C(F)(F)F)c1. The van der Waals surface area contributed by atoms with E-state index in [0.717, 1.165) is 12.0 Å². The normalized spacial score (nSPS) is 11.5. The molecule has 2 nitrogen and oxygen atoms in total. The number of alkyl halides is 3. The summed E-state index contributed by atoms with van der Waals surface area (Å²) < 4.78 is 37.8. The Morgan fingerprint density at radius 3 is 2.62 bits per heavy atom. The number of halogens is 3. The van der Waals surface area contributed by atoms with Gasteiger partial charge in [-0.25, -0.2) is 0 Å². The van der Waals surface area contributed by atoms with Crippen molar-refractivity contribution in [3.63, 3.8) is 0 Å². The van der Waals surface area contributed by atoms with Crippen LogP contribution < -0.4 is 0 Å². The zero-order valence-corrected chi connectivity index (χ0v) is 8.84. The van der Waals surface area contributed by atoms with Crippen LogP contribution in [0.15, 0.2) is 30.6 Å². The number of allylic oxidation sites excluding steroid dienone is 1. The second kappa shape index (κ2) is 4.55. The van der Waals surface area contributed by atoms with Crippen molar-refractivity contribution in [1.29, 1.82) is 0 Å². The summed E-state index contributed by atoms with van der Waals surface area (Å²) in [6.45, 7) is 6.09. The van der Waals surface area contributed by atoms with E-state index in [2.05, 4.69) is 6.58 Å². The molecule has 88 valence electrons. The van der Waals surface area contributed by atoms with E-state index in [0.29, 0.717) is 6.54 Å². The number of nitrogens with zero attached hydrogens (tertiary/aromatic N) is 1. The zero-order chi connectivity index (χ0) is 12.3. The number of ketones is 1. The van der Waals surface area contributed by atoms with E-state index < -0.39 is 12.0 Å². The molecule has 0 amide bonds. The van der Waals surface area contributed by atoms with Crippen LogP contribution in [0.1, 0.15) is 23.7 Å². The van der Waals surface area contributed by atoms with Gasteiger partial charge >= 0.3 is 6.18 Å². The molecule has 1 heterocycles. The van der Waals surface area contributed by atoms with Crippen molar-refractivity contribution in [3.05, 3.63) is 36.2 Å². The van der Waals surface area contributed by atoms with Gasteiger partial charge in [0.05, 0.1) is 0 Å². The lowest BCUT2D eigenvalue weighted by atomic mass is 10.2. The molecule has 0 aliphatic carbocycles. The fourth-order valence-corrected chi connectivity index (χ4v) is 1.21. The Kier molecular flexibility index (Phi) is 3.57. The third kappa shape index (κ3) is 2.98. The summed E-state index contributed by atoms with van der Waals surface area (Å²) in [5, 5.41) is 0. The Balaban J connectivity index is 2.80. The average molecular weight is 231 g/mol. The van der Waals surface area contributed by atoms with Crippen molar-refractivity contribution in [2.45, 2.75) is 26.1 Å². The van der Waals surface area contributed by atoms with Gasteiger partial charge in [0.2, 0.25) is 0 Å². The standard InChI is InChI=1S/C11H12F3NO/c1-3-8(2)6-15-5-4-9(7-15)10(16)11(12,13)14/h4-5,7H,2-3,6H2,1H3. The molecule has 0 bridgehead atoms. The first-order chi connectivity index (χ1) is 7.34. The maximum absolute atomic E-state index is 12.1. The summed E-state index contributed by atoms with van der Waals surface area (Å²) in [6.07, 6.45) is -1.43. The number of carbonyl (C=O) groups excluding carboxylic acids is 1. The molecule has 0 unspecified atom stereocenters. The Labute approximate surface area is 91.4 Å². The molecular weight excluding hydrogens is 219 g/mol. The summed E-state index contributed by atoms with van der Waals surface area (Å²) >= 11 is 0. The fraction of sp³-hybridized carbons (Fsp3) is 0.364. The lowest BCUT2D eigenvalue weighted by Gasteiger charge is -2.04. The van der Waals surface area contributed by atoms with E-state index in [9.17, 15) is 18.0 Å². The highest BCUT2D eigenvalue weighted by Gasteiger charge is 2.39. The zero-order valence-electron chi connectivity index (χ0n) is 8.84. The molecule has 1 rings (SSSR count). The maximum Gasteiger partial charge on any atom is 0.454 e. The Bertz CT molecular complexity index is 404. The molecule has 1 aromatic rings. The Morgan fingerprint density at radius 2 is 2.12 bits per heavy atom. The molecule has 5 heteroatoms. The van der Waals surface area contributed by atoms with E-state index >= 15 is 0 Å². The molecule has 0 spiro atoms. The summed E-state index contributed by atoms with van der Waals surface area (Å²) in [7, 11) is 0. The van der Waals surface area contributed by atoms with Gasteiger partial charge in [0.25, 0.3) is 5.78 Å². The Hall–Kier alpha value is -1.52. The van der Waals surface area contributed by atoms with Gasteiger partial charge in [-0.3, -0.25) is 4.79 Å². The second-order valence-electron chi connectivity index (χ2n) is 3.50. The van der Waals surface area contributed by atoms with Gasteiger partial charge in [-0.2, -0.15) is 13.2 Å². The molecule has 0 saturated heterocycles. The fourth-order valence-electron chi connectivity index (χ4n) is 1.21. The maximum atomic E-state index is 12.1. The van der Waals surface area contributed by atoms with Gasteiger partial charge in [-0.05, 0) is 12.5 Å². The third-order valence-electron chi connectivity index (χ3n) is 2.18. The number of hydrogen-bond acceptors (Lipinski definition) is 1. The number of carbonyl (C=O) groups is 1. The quantitative estimate of drug-likeness (QED) is 0.576. The van der Waals surface area contributed by atoms with Crippen molar-refractivity contribution >= 4 is 5.78 Å². The molecular formula is C11H12F3NO. The van der Waals surface area contributed by atoms with Crippen LogP contribution in [0.25, 0.3) is 0 Å². The van der Waals surface area contributed by atoms with Gasteiger partial charge in [0.15, 0.2) is 0 Å². The van der Waals surface area contributed by atoms with Gasteiger partial charge in [0.1, 0.15) is 0 Å². The molecule has 0 aliphatic rings. The summed E-state index contributed by atoms with van der Waals surface area (Å²) in [4.78, 5) is 10.9. The van der Waals surface area contributed by atoms with Crippen molar-refractivity contribution in [2.24, 2.45) is 0 Å². The highest BCUT2D eigenvalue weighted by atomic mass is 19.4. The predicted octanol–water partition coefficient (Wildman–Crippen LogP) is 3.20. The van der Waals surface area contributed by atoms with Crippen molar-refractivity contribution < 1.29 is 18.0 Å². The van der Waals surface area contributed by atoms with Crippen LogP contribution in [0.5, 0.6) is 0 Å². The molecule has 0 fully saturated rings.